The molecule has 176 valence electrons. The first-order chi connectivity index (χ1) is 16.5. The number of nitrogens with one attached hydrogen (secondary N) is 3. The van der Waals surface area contributed by atoms with Crippen LogP contribution in [-0.2, 0) is 6.42 Å². The minimum Gasteiger partial charge on any atom is -0.457 e. The van der Waals surface area contributed by atoms with E-state index in [1.165, 1.54) is 6.21 Å². The fraction of sp³-hybridized carbons (Fsp3) is 0.296. The highest BCUT2D eigenvalue weighted by atomic mass is 16.5. The largest absolute Gasteiger partial charge is 0.457 e. The molecule has 1 amide bonds. The van der Waals surface area contributed by atoms with E-state index in [9.17, 15) is 4.79 Å². The molecule has 1 atom stereocenters. The van der Waals surface area contributed by atoms with Crippen LogP contribution < -0.4 is 15.4 Å². The molecule has 1 saturated heterocycles. The van der Waals surface area contributed by atoms with Crippen LogP contribution >= 0.6 is 0 Å². The second kappa shape index (κ2) is 10.5. The zero-order chi connectivity index (χ0) is 24.1. The Morgan fingerprint density at radius 1 is 1.21 bits per heavy atom. The molecule has 34 heavy (non-hydrogen) atoms. The SMILES string of the molecule is CCc1cc(-c2cc(Oc3ccc(C=N)c(NC)c3)ccn2)ccc1C(=O)N[C@@H]1CCN(C)C1. The molecule has 0 radical (unpaired) electrons. The Bertz CT molecular complexity index is 1190. The number of likely N-dealkylation sites (N-methyl/N-ethyl adjacent to an activating group) is 1. The summed E-state index contributed by atoms with van der Waals surface area (Å²) in [6.45, 7) is 3.96. The maximum Gasteiger partial charge on any atom is 0.251 e. The smallest absolute Gasteiger partial charge is 0.251 e. The molecular weight excluding hydrogens is 426 g/mol. The van der Waals surface area contributed by atoms with Gasteiger partial charge >= 0.3 is 0 Å². The van der Waals surface area contributed by atoms with Crippen molar-refractivity contribution in [3.8, 4) is 22.8 Å². The molecule has 0 unspecified atom stereocenters. The molecule has 3 N–H and O–H groups in total. The van der Waals surface area contributed by atoms with E-state index < -0.39 is 0 Å². The zero-order valence-electron chi connectivity index (χ0n) is 19.9. The molecule has 3 aromatic rings. The number of rotatable bonds is 8. The third-order valence-corrected chi connectivity index (χ3v) is 6.17. The van der Waals surface area contributed by atoms with E-state index in [2.05, 4.69) is 34.5 Å². The van der Waals surface area contributed by atoms with E-state index in [4.69, 9.17) is 10.1 Å². The topological polar surface area (TPSA) is 90.3 Å². The predicted molar refractivity (Wildman–Crippen MR) is 136 cm³/mol. The molecule has 2 aromatic carbocycles. The summed E-state index contributed by atoms with van der Waals surface area (Å²) in [6, 6.07) is 15.3. The number of amides is 1. The van der Waals surface area contributed by atoms with Crippen molar-refractivity contribution >= 4 is 17.8 Å². The molecule has 0 spiro atoms. The van der Waals surface area contributed by atoms with E-state index in [0.29, 0.717) is 11.5 Å². The van der Waals surface area contributed by atoms with Gasteiger partial charge in [0.1, 0.15) is 11.5 Å². The average Bonchev–Trinajstić information content (AvgIpc) is 3.27. The van der Waals surface area contributed by atoms with Gasteiger partial charge in [0.25, 0.3) is 5.91 Å². The highest BCUT2D eigenvalue weighted by Gasteiger charge is 2.22. The van der Waals surface area contributed by atoms with Crippen molar-refractivity contribution in [1.82, 2.24) is 15.2 Å². The van der Waals surface area contributed by atoms with E-state index in [1.54, 1.807) is 6.20 Å². The first kappa shape index (κ1) is 23.4. The first-order valence-electron chi connectivity index (χ1n) is 11.6. The van der Waals surface area contributed by atoms with Crippen LogP contribution in [0.2, 0.25) is 0 Å². The van der Waals surface area contributed by atoms with Crippen molar-refractivity contribution in [1.29, 1.82) is 5.41 Å². The van der Waals surface area contributed by atoms with E-state index in [-0.39, 0.29) is 11.9 Å². The summed E-state index contributed by atoms with van der Waals surface area (Å²) in [5.41, 5.74) is 5.06. The summed E-state index contributed by atoms with van der Waals surface area (Å²) in [5.74, 6) is 1.33. The Hall–Kier alpha value is -3.71. The lowest BCUT2D eigenvalue weighted by Crippen LogP contribution is -2.36. The molecule has 1 aliphatic heterocycles. The molecule has 7 heteroatoms. The first-order valence-corrected chi connectivity index (χ1v) is 11.6. The second-order valence-corrected chi connectivity index (χ2v) is 8.57. The summed E-state index contributed by atoms with van der Waals surface area (Å²) in [4.78, 5) is 19.7. The summed E-state index contributed by atoms with van der Waals surface area (Å²) >= 11 is 0. The summed E-state index contributed by atoms with van der Waals surface area (Å²) < 4.78 is 6.06. The van der Waals surface area contributed by atoms with E-state index in [0.717, 1.165) is 59.6 Å². The Labute approximate surface area is 200 Å². The molecule has 2 heterocycles. The van der Waals surface area contributed by atoms with Gasteiger partial charge in [-0.3, -0.25) is 9.78 Å². The molecule has 1 aromatic heterocycles. The van der Waals surface area contributed by atoms with Gasteiger partial charge < -0.3 is 25.7 Å². The Balaban J connectivity index is 1.54. The molecule has 0 bridgehead atoms. The van der Waals surface area contributed by atoms with Crippen LogP contribution in [0.4, 0.5) is 5.69 Å². The van der Waals surface area contributed by atoms with Crippen LogP contribution in [0, 0.1) is 5.41 Å². The van der Waals surface area contributed by atoms with Crippen LogP contribution in [-0.4, -0.2) is 55.2 Å². The maximum absolute atomic E-state index is 12.9. The number of hydrogen-bond acceptors (Lipinski definition) is 6. The van der Waals surface area contributed by atoms with Crippen LogP contribution in [0.5, 0.6) is 11.5 Å². The molecule has 0 saturated carbocycles. The fourth-order valence-corrected chi connectivity index (χ4v) is 4.29. The van der Waals surface area contributed by atoms with Gasteiger partial charge in [-0.25, -0.2) is 0 Å². The van der Waals surface area contributed by atoms with Gasteiger partial charge in [-0.15, -0.1) is 0 Å². The van der Waals surface area contributed by atoms with Crippen LogP contribution in [0.25, 0.3) is 11.3 Å². The molecule has 1 aliphatic rings. The van der Waals surface area contributed by atoms with Gasteiger partial charge in [0.05, 0.1) is 5.69 Å². The standard InChI is InChI=1S/C27H31N5O2/c1-4-18-13-19(6-8-24(18)27(33)31-21-10-12-32(3)17-21)26-15-23(9-11-30-26)34-22-7-5-20(16-28)25(14-22)29-2/h5-9,11,13-16,21,28-29H,4,10,12,17H2,1-3H3,(H,31,33)/t21-/m1/s1. The number of aryl methyl sites for hydroxylation is 1. The molecule has 4 rings (SSSR count). The zero-order valence-corrected chi connectivity index (χ0v) is 19.9. The maximum atomic E-state index is 12.9. The fourth-order valence-electron chi connectivity index (χ4n) is 4.29. The molecule has 1 fully saturated rings. The second-order valence-electron chi connectivity index (χ2n) is 8.57. The van der Waals surface area contributed by atoms with E-state index >= 15 is 0 Å². The quantitative estimate of drug-likeness (QED) is 0.431. The number of carbonyl (C=O) groups excluding carboxylic acids is 1. The third-order valence-electron chi connectivity index (χ3n) is 6.17. The van der Waals surface area contributed by atoms with Crippen molar-refractivity contribution in [2.24, 2.45) is 0 Å². The average molecular weight is 458 g/mol. The van der Waals surface area contributed by atoms with Crippen molar-refractivity contribution < 1.29 is 9.53 Å². The number of hydrogen-bond donors (Lipinski definition) is 3. The van der Waals surface area contributed by atoms with Gasteiger partial charge in [-0.1, -0.05) is 13.0 Å². The lowest BCUT2D eigenvalue weighted by Gasteiger charge is -2.15. The van der Waals surface area contributed by atoms with Gasteiger partial charge in [0.15, 0.2) is 0 Å². The number of pyridine rings is 1. The number of ether oxygens (including phenoxy) is 1. The highest BCUT2D eigenvalue weighted by molar-refractivity contribution is 5.96. The number of likely N-dealkylation sites (tertiary alicyclic amines) is 1. The minimum absolute atomic E-state index is 0.0116. The van der Waals surface area contributed by atoms with Crippen molar-refractivity contribution in [2.75, 3.05) is 32.5 Å². The Morgan fingerprint density at radius 3 is 2.74 bits per heavy atom. The van der Waals surface area contributed by atoms with Gasteiger partial charge in [0, 0.05) is 66.6 Å². The third kappa shape index (κ3) is 5.26. The van der Waals surface area contributed by atoms with Crippen LogP contribution in [0.3, 0.4) is 0 Å². The molecule has 7 nitrogen and oxygen atoms in total. The van der Waals surface area contributed by atoms with Crippen LogP contribution in [0.15, 0.2) is 54.7 Å². The number of aromatic nitrogens is 1. The number of anilines is 1. The number of nitrogens with zero attached hydrogens (tertiary/aromatic N) is 2. The highest BCUT2D eigenvalue weighted by Crippen LogP contribution is 2.29. The van der Waals surface area contributed by atoms with Gasteiger partial charge in [-0.05, 0) is 62.3 Å². The number of benzene rings is 2. The lowest BCUT2D eigenvalue weighted by molar-refractivity contribution is 0.0937. The van der Waals surface area contributed by atoms with Crippen molar-refractivity contribution in [2.45, 2.75) is 25.8 Å². The van der Waals surface area contributed by atoms with Crippen molar-refractivity contribution in [3.05, 3.63) is 71.4 Å². The van der Waals surface area contributed by atoms with Gasteiger partial charge in [-0.2, -0.15) is 0 Å². The lowest BCUT2D eigenvalue weighted by atomic mass is 9.99. The predicted octanol–water partition coefficient (Wildman–Crippen LogP) is 4.58. The monoisotopic (exact) mass is 457 g/mol. The summed E-state index contributed by atoms with van der Waals surface area (Å²) in [6.07, 6.45) is 4.77. The summed E-state index contributed by atoms with van der Waals surface area (Å²) in [5, 5.41) is 13.8. The molecule has 0 aliphatic carbocycles. The Kier molecular flexibility index (Phi) is 7.23. The van der Waals surface area contributed by atoms with Crippen molar-refractivity contribution in [3.63, 3.8) is 0 Å². The van der Waals surface area contributed by atoms with Gasteiger partial charge in [0.2, 0.25) is 0 Å². The van der Waals surface area contributed by atoms with E-state index in [1.807, 2.05) is 55.6 Å². The Morgan fingerprint density at radius 2 is 2.03 bits per heavy atom. The van der Waals surface area contributed by atoms with Crippen LogP contribution in [0.1, 0.15) is 34.8 Å². The normalized spacial score (nSPS) is 15.7. The summed E-state index contributed by atoms with van der Waals surface area (Å²) in [7, 11) is 3.90. The minimum atomic E-state index is -0.0116. The molecular formula is C27H31N5O2. The number of carbonyl (C=O) groups is 1.